The molecule has 0 amide bonds. The number of nitrogens with zero attached hydrogens (tertiary/aromatic N) is 1. The highest BCUT2D eigenvalue weighted by Gasteiger charge is 2.21. The van der Waals surface area contributed by atoms with Gasteiger partial charge in [0.15, 0.2) is 6.61 Å². The van der Waals surface area contributed by atoms with E-state index in [4.69, 9.17) is 4.74 Å². The molecule has 6 nitrogen and oxygen atoms in total. The molecule has 0 saturated carbocycles. The van der Waals surface area contributed by atoms with Crippen LogP contribution in [0.2, 0.25) is 0 Å². The Morgan fingerprint density at radius 1 is 1.19 bits per heavy atom. The monoisotopic (exact) mass is 389 g/mol. The summed E-state index contributed by atoms with van der Waals surface area (Å²) < 4.78 is 11.8. The van der Waals surface area contributed by atoms with Gasteiger partial charge in [0, 0.05) is 28.4 Å². The molecule has 2 heterocycles. The zero-order valence-electron chi connectivity index (χ0n) is 15.8. The molecule has 1 aliphatic carbocycles. The summed E-state index contributed by atoms with van der Waals surface area (Å²) in [6.07, 6.45) is 3.40. The third-order valence-electron chi connectivity index (χ3n) is 4.92. The summed E-state index contributed by atoms with van der Waals surface area (Å²) in [7, 11) is 1.35. The molecule has 1 aliphatic rings. The van der Waals surface area contributed by atoms with Crippen LogP contribution in [0, 0.1) is 13.8 Å². The van der Waals surface area contributed by atoms with Gasteiger partial charge in [-0.15, -0.1) is 11.3 Å². The van der Waals surface area contributed by atoms with Crippen LogP contribution in [-0.2, 0) is 33.7 Å². The van der Waals surface area contributed by atoms with Gasteiger partial charge in [-0.25, -0.2) is 4.79 Å². The SMILES string of the molecule is COC(=O)CCn1c(C)cc(C(=O)COC(=O)c2cc3c(s2)CCC3)c1C. The van der Waals surface area contributed by atoms with Crippen molar-refractivity contribution < 1.29 is 23.9 Å². The van der Waals surface area contributed by atoms with E-state index in [1.54, 1.807) is 6.07 Å². The number of ether oxygens (including phenoxy) is 2. The fourth-order valence-electron chi connectivity index (χ4n) is 3.44. The number of rotatable bonds is 7. The minimum Gasteiger partial charge on any atom is -0.469 e. The highest BCUT2D eigenvalue weighted by atomic mass is 32.1. The maximum absolute atomic E-state index is 12.5. The number of thiophene rings is 1. The van der Waals surface area contributed by atoms with Crippen molar-refractivity contribution in [1.29, 1.82) is 0 Å². The molecular formula is C20H23NO5S. The lowest BCUT2D eigenvalue weighted by Gasteiger charge is -2.09. The highest BCUT2D eigenvalue weighted by molar-refractivity contribution is 7.14. The number of esters is 2. The number of carbonyl (C=O) groups is 3. The average Bonchev–Trinajstić information content (AvgIpc) is 3.31. The molecule has 0 aromatic carbocycles. The van der Waals surface area contributed by atoms with Crippen LogP contribution < -0.4 is 0 Å². The van der Waals surface area contributed by atoms with E-state index >= 15 is 0 Å². The molecule has 0 fully saturated rings. The van der Waals surface area contributed by atoms with Gasteiger partial charge >= 0.3 is 11.9 Å². The van der Waals surface area contributed by atoms with Gasteiger partial charge in [-0.2, -0.15) is 0 Å². The molecule has 3 rings (SSSR count). The van der Waals surface area contributed by atoms with E-state index in [1.165, 1.54) is 28.9 Å². The predicted molar refractivity (Wildman–Crippen MR) is 101 cm³/mol. The van der Waals surface area contributed by atoms with E-state index in [-0.39, 0.29) is 24.8 Å². The normalized spacial score (nSPS) is 12.7. The average molecular weight is 389 g/mol. The number of hydrogen-bond acceptors (Lipinski definition) is 6. The van der Waals surface area contributed by atoms with E-state index in [0.717, 1.165) is 30.7 Å². The summed E-state index contributed by atoms with van der Waals surface area (Å²) in [6, 6.07) is 3.65. The topological polar surface area (TPSA) is 74.6 Å². The van der Waals surface area contributed by atoms with Gasteiger partial charge in [0.05, 0.1) is 13.5 Å². The second-order valence-corrected chi connectivity index (χ2v) is 7.81. The van der Waals surface area contributed by atoms with Crippen molar-refractivity contribution in [3.05, 3.63) is 44.4 Å². The van der Waals surface area contributed by atoms with E-state index in [9.17, 15) is 14.4 Å². The second-order valence-electron chi connectivity index (χ2n) is 6.67. The molecule has 144 valence electrons. The number of methoxy groups -OCH3 is 1. The summed E-state index contributed by atoms with van der Waals surface area (Å²) in [5, 5.41) is 0. The van der Waals surface area contributed by atoms with Gasteiger partial charge in [0.2, 0.25) is 5.78 Å². The molecule has 0 aliphatic heterocycles. The van der Waals surface area contributed by atoms with Crippen LogP contribution >= 0.6 is 11.3 Å². The van der Waals surface area contributed by atoms with Crippen molar-refractivity contribution >= 4 is 29.1 Å². The number of aryl methyl sites for hydroxylation is 3. The number of ketones is 1. The maximum Gasteiger partial charge on any atom is 0.348 e. The summed E-state index contributed by atoms with van der Waals surface area (Å²) in [4.78, 5) is 37.9. The highest BCUT2D eigenvalue weighted by Crippen LogP contribution is 2.31. The Labute approximate surface area is 162 Å². The predicted octanol–water partition coefficient (Wildman–Crippen LogP) is 3.26. The molecule has 0 spiro atoms. The fourth-order valence-corrected chi connectivity index (χ4v) is 4.59. The minimum absolute atomic E-state index is 0.235. The van der Waals surface area contributed by atoms with Gasteiger partial charge in [-0.05, 0) is 50.8 Å². The smallest absolute Gasteiger partial charge is 0.348 e. The van der Waals surface area contributed by atoms with Crippen LogP contribution in [0.1, 0.15) is 54.7 Å². The number of hydrogen-bond donors (Lipinski definition) is 0. The van der Waals surface area contributed by atoms with E-state index in [0.29, 0.717) is 17.0 Å². The Kier molecular flexibility index (Phi) is 5.79. The lowest BCUT2D eigenvalue weighted by atomic mass is 10.1. The van der Waals surface area contributed by atoms with E-state index < -0.39 is 5.97 Å². The first-order valence-corrected chi connectivity index (χ1v) is 9.77. The molecule has 0 atom stereocenters. The van der Waals surface area contributed by atoms with E-state index in [1.807, 2.05) is 24.5 Å². The molecule has 0 N–H and O–H groups in total. The molecule has 0 radical (unpaired) electrons. The number of fused-ring (bicyclic) bond motifs is 1. The summed E-state index contributed by atoms with van der Waals surface area (Å²) in [6.45, 7) is 3.85. The van der Waals surface area contributed by atoms with E-state index in [2.05, 4.69) is 4.74 Å². The van der Waals surface area contributed by atoms with Gasteiger partial charge in [-0.3, -0.25) is 9.59 Å². The van der Waals surface area contributed by atoms with Crippen LogP contribution in [0.15, 0.2) is 12.1 Å². The van der Waals surface area contributed by atoms with Crippen molar-refractivity contribution in [2.24, 2.45) is 0 Å². The summed E-state index contributed by atoms with van der Waals surface area (Å²) in [5.74, 6) is -0.987. The van der Waals surface area contributed by atoms with Crippen LogP contribution in [0.3, 0.4) is 0 Å². The Bertz CT molecular complexity index is 871. The number of aromatic nitrogens is 1. The summed E-state index contributed by atoms with van der Waals surface area (Å²) in [5.41, 5.74) is 3.37. The Morgan fingerprint density at radius 2 is 1.96 bits per heavy atom. The minimum atomic E-state index is -0.442. The van der Waals surface area contributed by atoms with Crippen LogP contribution in [0.5, 0.6) is 0 Å². The Morgan fingerprint density at radius 3 is 2.67 bits per heavy atom. The quantitative estimate of drug-likeness (QED) is 0.537. The van der Waals surface area contributed by atoms with Crippen molar-refractivity contribution in [1.82, 2.24) is 4.57 Å². The van der Waals surface area contributed by atoms with Gasteiger partial charge in [0.1, 0.15) is 4.88 Å². The molecule has 0 bridgehead atoms. The fraction of sp³-hybridized carbons (Fsp3) is 0.450. The lowest BCUT2D eigenvalue weighted by molar-refractivity contribution is -0.140. The zero-order valence-corrected chi connectivity index (χ0v) is 16.6. The Balaban J connectivity index is 1.62. The first-order chi connectivity index (χ1) is 12.9. The molecule has 0 saturated heterocycles. The molecule has 27 heavy (non-hydrogen) atoms. The van der Waals surface area contributed by atoms with Crippen LogP contribution in [-0.4, -0.2) is 36.0 Å². The van der Waals surface area contributed by atoms with Gasteiger partial charge < -0.3 is 14.0 Å². The maximum atomic E-state index is 12.5. The van der Waals surface area contributed by atoms with Crippen molar-refractivity contribution in [3.63, 3.8) is 0 Å². The second kappa shape index (κ2) is 8.08. The van der Waals surface area contributed by atoms with Gasteiger partial charge in [0.25, 0.3) is 0 Å². The Hall–Kier alpha value is -2.41. The zero-order chi connectivity index (χ0) is 19.6. The molecule has 2 aromatic heterocycles. The summed E-state index contributed by atoms with van der Waals surface area (Å²) >= 11 is 1.46. The van der Waals surface area contributed by atoms with Crippen LogP contribution in [0.25, 0.3) is 0 Å². The first kappa shape index (κ1) is 19.4. The number of carbonyl (C=O) groups excluding carboxylic acids is 3. The number of Topliss-reactive ketones (excluding diaryl/α,β-unsaturated/α-hetero) is 1. The van der Waals surface area contributed by atoms with Crippen LogP contribution in [0.4, 0.5) is 0 Å². The van der Waals surface area contributed by atoms with Gasteiger partial charge in [-0.1, -0.05) is 0 Å². The largest absolute Gasteiger partial charge is 0.469 e. The third kappa shape index (κ3) is 4.13. The van der Waals surface area contributed by atoms with Crippen molar-refractivity contribution in [3.8, 4) is 0 Å². The molecule has 7 heteroatoms. The molecular weight excluding hydrogens is 366 g/mol. The van der Waals surface area contributed by atoms with Crippen molar-refractivity contribution in [2.45, 2.75) is 46.1 Å². The molecule has 0 unspecified atom stereocenters. The third-order valence-corrected chi connectivity index (χ3v) is 6.14. The standard InChI is InChI=1S/C20H23NO5S/c1-12-9-15(13(2)21(12)8-7-19(23)25-3)16(22)11-26-20(24)18-10-14-5-4-6-17(14)27-18/h9-10H,4-8,11H2,1-3H3. The van der Waals surface area contributed by atoms with Crippen molar-refractivity contribution in [2.75, 3.05) is 13.7 Å². The first-order valence-electron chi connectivity index (χ1n) is 8.96. The lowest BCUT2D eigenvalue weighted by Crippen LogP contribution is -2.15. The molecule has 2 aromatic rings.